The van der Waals surface area contributed by atoms with E-state index in [2.05, 4.69) is 11.0 Å². The number of thiazole rings is 1. The van der Waals surface area contributed by atoms with Gasteiger partial charge in [0.2, 0.25) is 4.80 Å². The molecule has 140 valence electrons. The molecule has 27 heavy (non-hydrogen) atoms. The fourth-order valence-electron chi connectivity index (χ4n) is 2.85. The summed E-state index contributed by atoms with van der Waals surface area (Å²) in [4.78, 5) is 0.550. The van der Waals surface area contributed by atoms with Crippen LogP contribution in [0.25, 0.3) is 10.2 Å². The second-order valence-electron chi connectivity index (χ2n) is 6.13. The van der Waals surface area contributed by atoms with Gasteiger partial charge in [0.1, 0.15) is 13.2 Å². The zero-order chi connectivity index (χ0) is 19.0. The average Bonchev–Trinajstić information content (AvgIpc) is 2.96. The lowest BCUT2D eigenvalue weighted by molar-refractivity contribution is 0.172. The molecular formula is C19H18N2O4S2. The van der Waals surface area contributed by atoms with Crippen molar-refractivity contribution in [2.24, 2.45) is 4.40 Å². The number of ether oxygens (including phenoxy) is 2. The first kappa shape index (κ1) is 17.8. The second kappa shape index (κ2) is 6.86. The van der Waals surface area contributed by atoms with Crippen molar-refractivity contribution in [3.8, 4) is 11.5 Å². The number of aryl methyl sites for hydroxylation is 1. The molecule has 0 atom stereocenters. The highest BCUT2D eigenvalue weighted by molar-refractivity contribution is 7.90. The third kappa shape index (κ3) is 3.38. The second-order valence-corrected chi connectivity index (χ2v) is 8.74. The maximum Gasteiger partial charge on any atom is 0.285 e. The van der Waals surface area contributed by atoms with Crippen molar-refractivity contribution in [1.29, 1.82) is 0 Å². The van der Waals surface area contributed by atoms with Gasteiger partial charge in [-0.1, -0.05) is 35.1 Å². The average molecular weight is 402 g/mol. The lowest BCUT2D eigenvalue weighted by atomic mass is 10.2. The highest BCUT2D eigenvalue weighted by Crippen LogP contribution is 2.35. The first-order chi connectivity index (χ1) is 13.0. The largest absolute Gasteiger partial charge is 0.486 e. The predicted molar refractivity (Wildman–Crippen MR) is 105 cm³/mol. The quantitative estimate of drug-likeness (QED) is 0.628. The topological polar surface area (TPSA) is 69.9 Å². The summed E-state index contributed by atoms with van der Waals surface area (Å²) in [6.45, 7) is 7.10. The van der Waals surface area contributed by atoms with Gasteiger partial charge in [0.25, 0.3) is 10.0 Å². The van der Waals surface area contributed by atoms with Gasteiger partial charge in [0.05, 0.1) is 15.1 Å². The Morgan fingerprint density at radius 2 is 1.85 bits per heavy atom. The molecule has 0 bridgehead atoms. The summed E-state index contributed by atoms with van der Waals surface area (Å²) < 4.78 is 43.6. The van der Waals surface area contributed by atoms with E-state index in [1.54, 1.807) is 30.3 Å². The van der Waals surface area contributed by atoms with Crippen LogP contribution in [0.3, 0.4) is 0 Å². The standard InChI is InChI=1S/C19H18N2O4S2/c1-3-8-21-15-11-16-17(25-10-9-24-16)12-18(15)26-19(21)20-27(22,23)14-6-4-13(2)5-7-14/h3-7,11-12H,1,8-10H2,2H3. The Kier molecular flexibility index (Phi) is 4.53. The maximum absolute atomic E-state index is 12.8. The molecule has 6 nitrogen and oxygen atoms in total. The molecule has 2 heterocycles. The number of hydrogen-bond acceptors (Lipinski definition) is 5. The maximum atomic E-state index is 12.8. The Morgan fingerprint density at radius 3 is 2.52 bits per heavy atom. The van der Waals surface area contributed by atoms with Gasteiger partial charge in [-0.3, -0.25) is 0 Å². The monoisotopic (exact) mass is 402 g/mol. The van der Waals surface area contributed by atoms with Crippen LogP contribution in [-0.2, 0) is 16.6 Å². The fraction of sp³-hybridized carbons (Fsp3) is 0.211. The van der Waals surface area contributed by atoms with Gasteiger partial charge in [-0.2, -0.15) is 8.42 Å². The number of rotatable bonds is 4. The minimum Gasteiger partial charge on any atom is -0.486 e. The number of benzene rings is 2. The molecule has 1 aliphatic heterocycles. The third-order valence-corrected chi connectivity index (χ3v) is 6.61. The van der Waals surface area contributed by atoms with Crippen molar-refractivity contribution >= 4 is 31.6 Å². The Balaban J connectivity index is 1.92. The Hall–Kier alpha value is -2.58. The van der Waals surface area contributed by atoms with Crippen molar-refractivity contribution in [3.05, 3.63) is 59.4 Å². The van der Waals surface area contributed by atoms with Crippen LogP contribution >= 0.6 is 11.3 Å². The van der Waals surface area contributed by atoms with Crippen molar-refractivity contribution in [3.63, 3.8) is 0 Å². The Bertz CT molecular complexity index is 1190. The molecule has 1 aromatic heterocycles. The summed E-state index contributed by atoms with van der Waals surface area (Å²) in [5.74, 6) is 1.31. The van der Waals surface area contributed by atoms with E-state index in [-0.39, 0.29) is 4.90 Å². The van der Waals surface area contributed by atoms with Crippen molar-refractivity contribution < 1.29 is 17.9 Å². The number of aromatic nitrogens is 1. The van der Waals surface area contributed by atoms with E-state index in [9.17, 15) is 8.42 Å². The molecule has 0 aliphatic carbocycles. The van der Waals surface area contributed by atoms with Gasteiger partial charge in [0.15, 0.2) is 11.5 Å². The number of sulfonamides is 1. The summed E-state index contributed by atoms with van der Waals surface area (Å²) in [5, 5.41) is 0. The molecule has 0 fully saturated rings. The van der Waals surface area contributed by atoms with Gasteiger partial charge in [-0.05, 0) is 19.1 Å². The molecule has 4 rings (SSSR count). The number of fused-ring (bicyclic) bond motifs is 2. The smallest absolute Gasteiger partial charge is 0.285 e. The Labute approximate surface area is 161 Å². The van der Waals surface area contributed by atoms with Gasteiger partial charge < -0.3 is 14.0 Å². The molecule has 8 heteroatoms. The van der Waals surface area contributed by atoms with E-state index < -0.39 is 10.0 Å². The van der Waals surface area contributed by atoms with Crippen LogP contribution < -0.4 is 14.3 Å². The molecule has 0 saturated carbocycles. The van der Waals surface area contributed by atoms with Gasteiger partial charge in [-0.15, -0.1) is 11.0 Å². The van der Waals surface area contributed by atoms with Crippen molar-refractivity contribution in [2.75, 3.05) is 13.2 Å². The summed E-state index contributed by atoms with van der Waals surface area (Å²) >= 11 is 1.30. The lowest BCUT2D eigenvalue weighted by Gasteiger charge is -2.18. The Morgan fingerprint density at radius 1 is 1.19 bits per heavy atom. The molecule has 0 spiro atoms. The highest BCUT2D eigenvalue weighted by atomic mass is 32.2. The van der Waals surface area contributed by atoms with Crippen LogP contribution in [0.15, 0.2) is 58.3 Å². The first-order valence-electron chi connectivity index (χ1n) is 8.39. The molecule has 0 saturated heterocycles. The van der Waals surface area contributed by atoms with Crippen LogP contribution in [0.2, 0.25) is 0 Å². The number of hydrogen-bond donors (Lipinski definition) is 0. The summed E-state index contributed by atoms with van der Waals surface area (Å²) in [6.07, 6.45) is 1.71. The minimum atomic E-state index is -3.82. The van der Waals surface area contributed by atoms with Gasteiger partial charge >= 0.3 is 0 Å². The zero-order valence-corrected chi connectivity index (χ0v) is 16.3. The van der Waals surface area contributed by atoms with E-state index in [4.69, 9.17) is 9.47 Å². The van der Waals surface area contributed by atoms with E-state index in [0.717, 1.165) is 15.8 Å². The number of allylic oxidation sites excluding steroid dienone is 1. The normalized spacial score (nSPS) is 14.5. The molecular weight excluding hydrogens is 384 g/mol. The van der Waals surface area contributed by atoms with Crippen LogP contribution in [0, 0.1) is 6.92 Å². The van der Waals surface area contributed by atoms with Gasteiger partial charge in [-0.25, -0.2) is 0 Å². The van der Waals surface area contributed by atoms with E-state index in [1.807, 2.05) is 23.6 Å². The van der Waals surface area contributed by atoms with E-state index >= 15 is 0 Å². The summed E-state index contributed by atoms with van der Waals surface area (Å²) in [7, 11) is -3.82. The van der Waals surface area contributed by atoms with Crippen LogP contribution in [0.4, 0.5) is 0 Å². The fourth-order valence-corrected chi connectivity index (χ4v) is 5.10. The summed E-state index contributed by atoms with van der Waals surface area (Å²) in [6, 6.07) is 10.4. The SMILES string of the molecule is C=CCn1c(=NS(=O)(=O)c2ccc(C)cc2)sc2cc3c(cc21)OCCO3. The predicted octanol–water partition coefficient (Wildman–Crippen LogP) is 3.26. The minimum absolute atomic E-state index is 0.168. The molecule has 0 radical (unpaired) electrons. The molecule has 0 unspecified atom stereocenters. The first-order valence-corrected chi connectivity index (χ1v) is 10.7. The molecule has 3 aromatic rings. The van der Waals surface area contributed by atoms with E-state index in [1.165, 1.54) is 11.3 Å². The highest BCUT2D eigenvalue weighted by Gasteiger charge is 2.18. The molecule has 0 N–H and O–H groups in total. The zero-order valence-electron chi connectivity index (χ0n) is 14.7. The van der Waals surface area contributed by atoms with Crippen LogP contribution in [0.5, 0.6) is 11.5 Å². The lowest BCUT2D eigenvalue weighted by Crippen LogP contribution is -2.17. The summed E-state index contributed by atoms with van der Waals surface area (Å²) in [5.41, 5.74) is 1.82. The molecule has 2 aromatic carbocycles. The molecule has 0 amide bonds. The van der Waals surface area contributed by atoms with Crippen LogP contribution in [-0.4, -0.2) is 26.2 Å². The van der Waals surface area contributed by atoms with E-state index in [0.29, 0.717) is 36.1 Å². The van der Waals surface area contributed by atoms with Crippen molar-refractivity contribution in [1.82, 2.24) is 4.57 Å². The van der Waals surface area contributed by atoms with Crippen LogP contribution in [0.1, 0.15) is 5.56 Å². The van der Waals surface area contributed by atoms with Gasteiger partial charge in [0, 0.05) is 18.7 Å². The third-order valence-electron chi connectivity index (χ3n) is 4.18. The number of nitrogens with zero attached hydrogens (tertiary/aromatic N) is 2. The molecule has 1 aliphatic rings. The van der Waals surface area contributed by atoms with Crippen molar-refractivity contribution in [2.45, 2.75) is 18.4 Å².